The van der Waals surface area contributed by atoms with E-state index < -0.39 is 18.0 Å². The lowest BCUT2D eigenvalue weighted by Crippen LogP contribution is -2.60. The molecule has 1 aliphatic heterocycles. The molecular weight excluding hydrogens is 217 g/mol. The zero-order valence-corrected chi connectivity index (χ0v) is 7.52. The fraction of sp³-hybridized carbons (Fsp3) is 0.667. The van der Waals surface area contributed by atoms with Crippen LogP contribution in [-0.2, 0) is 9.59 Å². The topological polar surface area (TPSA) is 73.5 Å². The first-order valence-corrected chi connectivity index (χ1v) is 4.05. The summed E-state index contributed by atoms with van der Waals surface area (Å²) in [6.45, 7) is 0.645. The number of hydrogen-bond acceptors (Lipinski definition) is 4. The van der Waals surface area contributed by atoms with Crippen molar-refractivity contribution in [1.29, 1.82) is 0 Å². The first kappa shape index (κ1) is 11.7. The Balaban J connectivity index is 2.36. The summed E-state index contributed by atoms with van der Waals surface area (Å²) in [7, 11) is 0. The number of amides is 2. The number of halogens is 3. The van der Waals surface area contributed by atoms with Gasteiger partial charge in [-0.25, -0.2) is 0 Å². The van der Waals surface area contributed by atoms with Crippen molar-refractivity contribution in [1.82, 2.24) is 21.3 Å². The van der Waals surface area contributed by atoms with Crippen molar-refractivity contribution in [2.24, 2.45) is 0 Å². The lowest BCUT2D eigenvalue weighted by molar-refractivity contribution is -0.177. The second-order valence-corrected chi connectivity index (χ2v) is 2.79. The molecule has 3 N–H and O–H groups in total. The minimum Gasteiger partial charge on any atom is -0.307 e. The van der Waals surface area contributed by atoms with Crippen molar-refractivity contribution in [3.05, 3.63) is 0 Å². The Morgan fingerprint density at radius 1 is 1.47 bits per heavy atom. The van der Waals surface area contributed by atoms with Crippen molar-refractivity contribution in [3.63, 3.8) is 0 Å². The van der Waals surface area contributed by atoms with Crippen LogP contribution in [0.25, 0.3) is 0 Å². The maximum Gasteiger partial charge on any atom is 0.472 e. The van der Waals surface area contributed by atoms with Gasteiger partial charge in [0.15, 0.2) is 0 Å². The van der Waals surface area contributed by atoms with Crippen LogP contribution in [0.2, 0.25) is 0 Å². The molecule has 0 aromatic heterocycles. The van der Waals surface area contributed by atoms with Crippen molar-refractivity contribution in [3.8, 4) is 0 Å². The molecule has 1 saturated heterocycles. The van der Waals surface area contributed by atoms with E-state index in [0.29, 0.717) is 6.54 Å². The lowest BCUT2D eigenvalue weighted by Gasteiger charge is -2.27. The van der Waals surface area contributed by atoms with Gasteiger partial charge in [-0.15, -0.1) is 5.53 Å². The monoisotopic (exact) mass is 226 g/mol. The maximum atomic E-state index is 11.7. The summed E-state index contributed by atoms with van der Waals surface area (Å²) in [5.74, 6) is -2.59. The second-order valence-electron chi connectivity index (χ2n) is 2.79. The van der Waals surface area contributed by atoms with E-state index in [1.807, 2.05) is 5.53 Å². The van der Waals surface area contributed by atoms with Crippen LogP contribution < -0.4 is 16.3 Å². The average molecular weight is 226 g/mol. The van der Waals surface area contributed by atoms with Crippen molar-refractivity contribution in [2.75, 3.05) is 19.6 Å². The standard InChI is InChI=1S/C6H9F3N4O2/c7-6(8,9)5(15)11-12-13-2-1-10-3-4(13)14/h10,12H,1-3H2,(H,11,15). The van der Waals surface area contributed by atoms with Crippen LogP contribution in [0.1, 0.15) is 0 Å². The molecule has 0 aromatic carbocycles. The number of carbonyl (C=O) groups is 2. The smallest absolute Gasteiger partial charge is 0.307 e. The Labute approximate surface area is 82.7 Å². The van der Waals surface area contributed by atoms with Gasteiger partial charge in [-0.3, -0.25) is 20.0 Å². The minimum absolute atomic E-state index is 0.0227. The molecule has 2 amide bonds. The van der Waals surface area contributed by atoms with E-state index in [1.165, 1.54) is 5.43 Å². The Bertz CT molecular complexity index is 268. The van der Waals surface area contributed by atoms with Gasteiger partial charge in [-0.2, -0.15) is 13.2 Å². The Kier molecular flexibility index (Phi) is 3.48. The molecule has 0 unspecified atom stereocenters. The molecule has 9 heteroatoms. The largest absolute Gasteiger partial charge is 0.472 e. The van der Waals surface area contributed by atoms with Gasteiger partial charge in [0, 0.05) is 6.54 Å². The van der Waals surface area contributed by atoms with E-state index in [-0.39, 0.29) is 13.1 Å². The Morgan fingerprint density at radius 3 is 2.67 bits per heavy atom. The van der Waals surface area contributed by atoms with E-state index in [4.69, 9.17) is 0 Å². The number of piperazine rings is 1. The number of alkyl halides is 3. The Morgan fingerprint density at radius 2 is 2.13 bits per heavy atom. The minimum atomic E-state index is -4.97. The zero-order chi connectivity index (χ0) is 11.5. The molecule has 0 radical (unpaired) electrons. The number of nitrogens with zero attached hydrogens (tertiary/aromatic N) is 1. The third-order valence-electron chi connectivity index (χ3n) is 1.65. The molecule has 15 heavy (non-hydrogen) atoms. The summed E-state index contributed by atoms with van der Waals surface area (Å²) in [4.78, 5) is 21.4. The van der Waals surface area contributed by atoms with Gasteiger partial charge in [-0.1, -0.05) is 0 Å². The quantitative estimate of drug-likeness (QED) is 0.502. The third-order valence-corrected chi connectivity index (χ3v) is 1.65. The maximum absolute atomic E-state index is 11.7. The fourth-order valence-corrected chi connectivity index (χ4v) is 0.914. The molecule has 86 valence electrons. The summed E-state index contributed by atoms with van der Waals surface area (Å²) in [6, 6.07) is 0. The van der Waals surface area contributed by atoms with Crippen LogP contribution in [0, 0.1) is 0 Å². The highest BCUT2D eigenvalue weighted by Crippen LogP contribution is 2.13. The van der Waals surface area contributed by atoms with E-state index in [0.717, 1.165) is 5.01 Å². The number of carbonyl (C=O) groups excluding carboxylic acids is 2. The molecule has 0 atom stereocenters. The summed E-state index contributed by atoms with van der Waals surface area (Å²) in [5.41, 5.74) is 3.29. The van der Waals surface area contributed by atoms with Gasteiger partial charge >= 0.3 is 12.1 Å². The molecule has 0 saturated carbocycles. The van der Waals surface area contributed by atoms with Gasteiger partial charge in [0.2, 0.25) is 0 Å². The van der Waals surface area contributed by atoms with E-state index in [2.05, 4.69) is 5.32 Å². The van der Waals surface area contributed by atoms with E-state index >= 15 is 0 Å². The van der Waals surface area contributed by atoms with Gasteiger partial charge < -0.3 is 5.32 Å². The Hall–Kier alpha value is -1.35. The molecule has 0 spiro atoms. The number of rotatable bonds is 2. The van der Waals surface area contributed by atoms with Crippen molar-refractivity contribution in [2.45, 2.75) is 6.18 Å². The SMILES string of the molecule is O=C1CNCCN1NNC(=O)C(F)(F)F. The number of hydrazine groups is 2. The highest BCUT2D eigenvalue weighted by molar-refractivity contribution is 5.82. The third kappa shape index (κ3) is 3.36. The summed E-state index contributed by atoms with van der Waals surface area (Å²) < 4.78 is 35.2. The number of hydrogen-bond donors (Lipinski definition) is 3. The van der Waals surface area contributed by atoms with Crippen LogP contribution in [-0.4, -0.2) is 42.6 Å². The first-order valence-electron chi connectivity index (χ1n) is 4.05. The lowest BCUT2D eigenvalue weighted by atomic mass is 10.4. The van der Waals surface area contributed by atoms with Crippen LogP contribution in [0.3, 0.4) is 0 Å². The molecule has 0 bridgehead atoms. The predicted molar refractivity (Wildman–Crippen MR) is 41.9 cm³/mol. The molecule has 1 rings (SSSR count). The molecule has 1 aliphatic rings. The van der Waals surface area contributed by atoms with Crippen LogP contribution in [0.15, 0.2) is 0 Å². The van der Waals surface area contributed by atoms with Crippen LogP contribution in [0.5, 0.6) is 0 Å². The summed E-state index contributed by atoms with van der Waals surface area (Å²) in [6.07, 6.45) is -4.97. The van der Waals surface area contributed by atoms with Crippen molar-refractivity contribution >= 4 is 11.8 Å². The van der Waals surface area contributed by atoms with Gasteiger partial charge in [0.25, 0.3) is 5.91 Å². The molecule has 6 nitrogen and oxygen atoms in total. The summed E-state index contributed by atoms with van der Waals surface area (Å²) >= 11 is 0. The second kappa shape index (κ2) is 4.45. The zero-order valence-electron chi connectivity index (χ0n) is 7.52. The van der Waals surface area contributed by atoms with Gasteiger partial charge in [-0.05, 0) is 0 Å². The van der Waals surface area contributed by atoms with Crippen molar-refractivity contribution < 1.29 is 22.8 Å². The predicted octanol–water partition coefficient (Wildman–Crippen LogP) is -1.48. The highest BCUT2D eigenvalue weighted by atomic mass is 19.4. The summed E-state index contributed by atoms with van der Waals surface area (Å²) in [5, 5.41) is 3.62. The normalized spacial score (nSPS) is 17.8. The molecule has 1 fully saturated rings. The van der Waals surface area contributed by atoms with Crippen LogP contribution in [0.4, 0.5) is 13.2 Å². The number of nitrogens with one attached hydrogen (secondary N) is 3. The molecule has 0 aliphatic carbocycles. The molecular formula is C6H9F3N4O2. The highest BCUT2D eigenvalue weighted by Gasteiger charge is 2.39. The van der Waals surface area contributed by atoms with E-state index in [1.54, 1.807) is 0 Å². The van der Waals surface area contributed by atoms with Gasteiger partial charge in [0.05, 0.1) is 13.1 Å². The first-order chi connectivity index (χ1) is 6.91. The average Bonchev–Trinajstić information content (AvgIpc) is 2.14. The van der Waals surface area contributed by atoms with Gasteiger partial charge in [0.1, 0.15) is 0 Å². The fourth-order valence-electron chi connectivity index (χ4n) is 0.914. The van der Waals surface area contributed by atoms with E-state index in [9.17, 15) is 22.8 Å². The molecule has 1 heterocycles. The molecule has 0 aromatic rings. The van der Waals surface area contributed by atoms with Crippen LogP contribution >= 0.6 is 0 Å².